The molecule has 0 fully saturated rings. The lowest BCUT2D eigenvalue weighted by atomic mass is 10.4. The van der Waals surface area contributed by atoms with Crippen molar-refractivity contribution in [3.8, 4) is 0 Å². The van der Waals surface area contributed by atoms with Crippen LogP contribution in [0.3, 0.4) is 0 Å². The first-order valence-corrected chi connectivity index (χ1v) is 3.99. The molecule has 0 amide bonds. The van der Waals surface area contributed by atoms with Gasteiger partial charge in [0.05, 0.1) is 6.61 Å². The van der Waals surface area contributed by atoms with E-state index in [0.29, 0.717) is 17.9 Å². The average molecular weight is 196 g/mol. The van der Waals surface area contributed by atoms with E-state index in [9.17, 15) is 4.79 Å². The molecule has 2 aromatic heterocycles. The van der Waals surface area contributed by atoms with E-state index in [1.165, 1.54) is 10.6 Å². The number of aliphatic hydroxyl groups is 1. The summed E-state index contributed by atoms with van der Waals surface area (Å²) in [6.07, 6.45) is 0.334. The molecule has 2 aromatic rings. The molecule has 0 spiro atoms. The molecule has 0 atom stereocenters. The highest BCUT2D eigenvalue weighted by atomic mass is 16.4. The summed E-state index contributed by atoms with van der Waals surface area (Å²) in [6, 6.07) is 1.39. The third-order valence-electron chi connectivity index (χ3n) is 1.83. The van der Waals surface area contributed by atoms with Crippen LogP contribution in [-0.4, -0.2) is 42.6 Å². The zero-order valence-electron chi connectivity index (χ0n) is 7.14. The Morgan fingerprint density at radius 3 is 3.00 bits per heavy atom. The molecule has 7 heteroatoms. The first kappa shape index (κ1) is 8.70. The predicted octanol–water partition coefficient (Wildman–Crippen LogP) is -0.710. The summed E-state index contributed by atoms with van der Waals surface area (Å²) in [4.78, 5) is 10.6. The standard InChI is InChI=1S/C7H8N4O3/c12-2-1-5-8-9-6-3-4(7(13)14)10-11(5)6/h3,10,12H,1-2H2,(H,13,14). The fourth-order valence-electron chi connectivity index (χ4n) is 1.20. The molecule has 2 heterocycles. The number of aliphatic hydroxyl groups excluding tert-OH is 1. The van der Waals surface area contributed by atoms with Crippen LogP contribution in [0.15, 0.2) is 6.07 Å². The minimum absolute atomic E-state index is 0.0501. The SMILES string of the molecule is O=C(O)c1cc2nnc(CCO)n2[nH]1. The number of aromatic nitrogens is 4. The summed E-state index contributed by atoms with van der Waals surface area (Å²) >= 11 is 0. The van der Waals surface area contributed by atoms with Crippen molar-refractivity contribution in [2.45, 2.75) is 6.42 Å². The van der Waals surface area contributed by atoms with E-state index in [1.807, 2.05) is 0 Å². The number of H-pyrrole nitrogens is 1. The molecule has 0 bridgehead atoms. The highest BCUT2D eigenvalue weighted by Crippen LogP contribution is 2.06. The number of carboxylic acid groups (broad SMARTS) is 1. The van der Waals surface area contributed by atoms with Crippen molar-refractivity contribution in [2.75, 3.05) is 6.61 Å². The maximum absolute atomic E-state index is 10.6. The number of hydrogen-bond acceptors (Lipinski definition) is 4. The van der Waals surface area contributed by atoms with Crippen molar-refractivity contribution in [3.05, 3.63) is 17.6 Å². The number of aromatic carboxylic acids is 1. The molecule has 74 valence electrons. The molecule has 0 aliphatic rings. The van der Waals surface area contributed by atoms with E-state index in [1.54, 1.807) is 0 Å². The van der Waals surface area contributed by atoms with Gasteiger partial charge >= 0.3 is 5.97 Å². The molecule has 2 rings (SSSR count). The second-order valence-corrected chi connectivity index (χ2v) is 2.76. The van der Waals surface area contributed by atoms with Gasteiger partial charge in [-0.25, -0.2) is 9.31 Å². The van der Waals surface area contributed by atoms with Crippen LogP contribution < -0.4 is 0 Å². The number of hydrogen-bond donors (Lipinski definition) is 3. The minimum Gasteiger partial charge on any atom is -0.477 e. The van der Waals surface area contributed by atoms with E-state index in [2.05, 4.69) is 15.3 Å². The average Bonchev–Trinajstić information content (AvgIpc) is 2.67. The van der Waals surface area contributed by atoms with Gasteiger partial charge in [0, 0.05) is 12.5 Å². The molecular formula is C7H8N4O3. The Bertz CT molecular complexity index is 472. The Labute approximate surface area is 78.0 Å². The van der Waals surface area contributed by atoms with Crippen LogP contribution in [0.2, 0.25) is 0 Å². The van der Waals surface area contributed by atoms with Gasteiger partial charge in [0.1, 0.15) is 5.69 Å². The minimum atomic E-state index is -1.05. The molecule has 0 aliphatic carbocycles. The van der Waals surface area contributed by atoms with Gasteiger partial charge in [-0.2, -0.15) is 0 Å². The van der Waals surface area contributed by atoms with Gasteiger partial charge in [0.15, 0.2) is 11.5 Å². The quantitative estimate of drug-likeness (QED) is 0.601. The van der Waals surface area contributed by atoms with Crippen LogP contribution >= 0.6 is 0 Å². The van der Waals surface area contributed by atoms with E-state index in [0.717, 1.165) is 0 Å². The van der Waals surface area contributed by atoms with Gasteiger partial charge in [-0.3, -0.25) is 5.10 Å². The second kappa shape index (κ2) is 3.11. The van der Waals surface area contributed by atoms with Gasteiger partial charge in [-0.05, 0) is 0 Å². The van der Waals surface area contributed by atoms with Crippen molar-refractivity contribution in [1.82, 2.24) is 19.8 Å². The topological polar surface area (TPSA) is 104 Å². The van der Waals surface area contributed by atoms with Crippen molar-refractivity contribution >= 4 is 11.6 Å². The smallest absolute Gasteiger partial charge is 0.353 e. The third-order valence-corrected chi connectivity index (χ3v) is 1.83. The molecule has 7 nitrogen and oxygen atoms in total. The maximum atomic E-state index is 10.6. The highest BCUT2D eigenvalue weighted by Gasteiger charge is 2.11. The first-order valence-electron chi connectivity index (χ1n) is 3.99. The van der Waals surface area contributed by atoms with E-state index in [-0.39, 0.29) is 12.3 Å². The van der Waals surface area contributed by atoms with Crippen LogP contribution in [0.5, 0.6) is 0 Å². The Morgan fingerprint density at radius 2 is 2.36 bits per heavy atom. The number of aromatic amines is 1. The molecule has 3 N–H and O–H groups in total. The van der Waals surface area contributed by atoms with Gasteiger partial charge < -0.3 is 10.2 Å². The number of carbonyl (C=O) groups is 1. The summed E-state index contributed by atoms with van der Waals surface area (Å²) in [7, 11) is 0. The van der Waals surface area contributed by atoms with Gasteiger partial charge in [-0.1, -0.05) is 0 Å². The van der Waals surface area contributed by atoms with Crippen molar-refractivity contribution < 1.29 is 15.0 Å². The van der Waals surface area contributed by atoms with Crippen LogP contribution in [0.4, 0.5) is 0 Å². The van der Waals surface area contributed by atoms with Crippen LogP contribution in [-0.2, 0) is 6.42 Å². The second-order valence-electron chi connectivity index (χ2n) is 2.76. The Hall–Kier alpha value is -1.89. The molecular weight excluding hydrogens is 188 g/mol. The lowest BCUT2D eigenvalue weighted by Crippen LogP contribution is -2.02. The van der Waals surface area contributed by atoms with E-state index < -0.39 is 5.97 Å². The summed E-state index contributed by atoms with van der Waals surface area (Å²) in [5.41, 5.74) is 0.486. The number of carboxylic acids is 1. The molecule has 0 aromatic carbocycles. The van der Waals surface area contributed by atoms with Crippen LogP contribution in [0.1, 0.15) is 16.3 Å². The number of nitrogens with one attached hydrogen (secondary N) is 1. The van der Waals surface area contributed by atoms with Crippen molar-refractivity contribution in [3.63, 3.8) is 0 Å². The molecule has 0 aliphatic heterocycles. The Balaban J connectivity index is 2.50. The molecule has 14 heavy (non-hydrogen) atoms. The molecule has 0 saturated heterocycles. The van der Waals surface area contributed by atoms with Crippen molar-refractivity contribution in [1.29, 1.82) is 0 Å². The summed E-state index contributed by atoms with van der Waals surface area (Å²) < 4.78 is 1.44. The first-order chi connectivity index (χ1) is 6.72. The lowest BCUT2D eigenvalue weighted by Gasteiger charge is -1.92. The molecule has 0 radical (unpaired) electrons. The number of nitrogens with zero attached hydrogens (tertiary/aromatic N) is 3. The summed E-state index contributed by atoms with van der Waals surface area (Å²) in [5.74, 6) is -0.541. The zero-order valence-corrected chi connectivity index (χ0v) is 7.14. The highest BCUT2D eigenvalue weighted by molar-refractivity contribution is 5.86. The fraction of sp³-hybridized carbons (Fsp3) is 0.286. The normalized spacial score (nSPS) is 10.9. The lowest BCUT2D eigenvalue weighted by molar-refractivity contribution is 0.0690. The molecule has 0 saturated carbocycles. The van der Waals surface area contributed by atoms with Gasteiger partial charge in [0.2, 0.25) is 0 Å². The van der Waals surface area contributed by atoms with Gasteiger partial charge in [-0.15, -0.1) is 10.2 Å². The van der Waals surface area contributed by atoms with Crippen molar-refractivity contribution in [2.24, 2.45) is 0 Å². The Kier molecular flexibility index (Phi) is 1.93. The third kappa shape index (κ3) is 1.23. The van der Waals surface area contributed by atoms with Gasteiger partial charge in [0.25, 0.3) is 0 Å². The molecule has 0 unspecified atom stereocenters. The van der Waals surface area contributed by atoms with E-state index >= 15 is 0 Å². The monoisotopic (exact) mass is 196 g/mol. The van der Waals surface area contributed by atoms with Crippen LogP contribution in [0.25, 0.3) is 5.65 Å². The maximum Gasteiger partial charge on any atom is 0.353 e. The van der Waals surface area contributed by atoms with Crippen LogP contribution in [0, 0.1) is 0 Å². The Morgan fingerprint density at radius 1 is 1.57 bits per heavy atom. The predicted molar refractivity (Wildman–Crippen MR) is 45.1 cm³/mol. The fourth-order valence-corrected chi connectivity index (χ4v) is 1.20. The number of fused-ring (bicyclic) bond motifs is 1. The number of rotatable bonds is 3. The van der Waals surface area contributed by atoms with E-state index in [4.69, 9.17) is 10.2 Å². The zero-order chi connectivity index (χ0) is 10.1. The summed E-state index contributed by atoms with van der Waals surface area (Å²) in [6.45, 7) is -0.0534. The largest absolute Gasteiger partial charge is 0.477 e. The summed E-state index contributed by atoms with van der Waals surface area (Å²) in [5, 5.41) is 27.5.